The van der Waals surface area contributed by atoms with Gasteiger partial charge in [0, 0.05) is 43.7 Å². The highest BCUT2D eigenvalue weighted by molar-refractivity contribution is 6.29. The van der Waals surface area contributed by atoms with Crippen LogP contribution in [0.25, 0.3) is 103 Å². The van der Waals surface area contributed by atoms with Crippen molar-refractivity contribution in [2.75, 3.05) is 9.80 Å². The first-order valence-electron chi connectivity index (χ1n) is 22.6. The number of furan rings is 2. The summed E-state index contributed by atoms with van der Waals surface area (Å²) in [5.41, 5.74) is 9.94. The lowest BCUT2D eigenvalue weighted by Crippen LogP contribution is -2.12. The van der Waals surface area contributed by atoms with Gasteiger partial charge >= 0.3 is 0 Å². The molecule has 2 aromatic heterocycles. The summed E-state index contributed by atoms with van der Waals surface area (Å²) in [6.45, 7) is 7.76. The molecule has 0 spiro atoms. The van der Waals surface area contributed by atoms with Crippen molar-refractivity contribution in [3.63, 3.8) is 0 Å². The molecule has 0 aliphatic rings. The predicted octanol–water partition coefficient (Wildman–Crippen LogP) is 18.1. The van der Waals surface area contributed by atoms with E-state index >= 15 is 0 Å². The van der Waals surface area contributed by atoms with Crippen molar-refractivity contribution in [3.05, 3.63) is 223 Å². The van der Waals surface area contributed by atoms with E-state index in [9.17, 15) is 5.26 Å². The van der Waals surface area contributed by atoms with Crippen LogP contribution in [0.4, 0.5) is 39.8 Å². The number of nitriles is 1. The molecule has 0 fully saturated rings. The summed E-state index contributed by atoms with van der Waals surface area (Å²) in [6, 6.07) is 73.7. The van der Waals surface area contributed by atoms with Gasteiger partial charge < -0.3 is 18.6 Å². The van der Waals surface area contributed by atoms with Gasteiger partial charge in [0.2, 0.25) is 0 Å². The topological polar surface area (TPSA) is 60.9 Å². The molecule has 14 aromatic rings. The van der Waals surface area contributed by atoms with Gasteiger partial charge in [-0.3, -0.25) is 0 Å². The lowest BCUT2D eigenvalue weighted by molar-refractivity contribution is 0.669. The predicted molar refractivity (Wildman–Crippen MR) is 280 cm³/mol. The average Bonchev–Trinajstić information content (AvgIpc) is 3.99. The van der Waals surface area contributed by atoms with Crippen LogP contribution < -0.4 is 9.80 Å². The van der Waals surface area contributed by atoms with Crippen LogP contribution in [-0.2, 0) is 0 Å². The fourth-order valence-electron chi connectivity index (χ4n) is 10.8. The van der Waals surface area contributed by atoms with E-state index in [1.807, 2.05) is 48.5 Å². The second kappa shape index (κ2) is 14.4. The van der Waals surface area contributed by atoms with Gasteiger partial charge in [-0.25, -0.2) is 4.85 Å². The fraction of sp³-hybridized carbons (Fsp3) is 0. The van der Waals surface area contributed by atoms with E-state index in [0.29, 0.717) is 11.3 Å². The maximum Gasteiger partial charge on any atom is 0.187 e. The molecule has 0 bridgehead atoms. The molecule has 0 aliphatic heterocycles. The minimum atomic E-state index is 0.573. The highest BCUT2D eigenvalue weighted by atomic mass is 16.3. The highest BCUT2D eigenvalue weighted by Crippen LogP contribution is 2.51. The summed E-state index contributed by atoms with van der Waals surface area (Å²) in [7, 11) is 0. The van der Waals surface area contributed by atoms with Crippen molar-refractivity contribution in [3.8, 4) is 6.07 Å². The van der Waals surface area contributed by atoms with E-state index in [2.05, 4.69) is 178 Å². The summed E-state index contributed by atoms with van der Waals surface area (Å²) < 4.78 is 13.7. The van der Waals surface area contributed by atoms with Crippen LogP contribution in [0.3, 0.4) is 0 Å². The number of hydrogen-bond acceptors (Lipinski definition) is 5. The third-order valence-electron chi connectivity index (χ3n) is 13.8. The first-order valence-corrected chi connectivity index (χ1v) is 22.6. The van der Waals surface area contributed by atoms with Gasteiger partial charge in [-0.05, 0) is 116 Å². The highest BCUT2D eigenvalue weighted by Gasteiger charge is 2.26. The number of rotatable bonds is 6. The smallest absolute Gasteiger partial charge is 0.187 e. The summed E-state index contributed by atoms with van der Waals surface area (Å²) in [5, 5.41) is 25.4. The lowest BCUT2D eigenvalue weighted by Gasteiger charge is -2.29. The fourth-order valence-corrected chi connectivity index (χ4v) is 10.8. The number of fused-ring (bicyclic) bond motifs is 10. The molecular formula is C62H34N4O2. The van der Waals surface area contributed by atoms with Crippen molar-refractivity contribution >= 4 is 138 Å². The van der Waals surface area contributed by atoms with E-state index < -0.39 is 0 Å². The minimum Gasteiger partial charge on any atom is -0.454 e. The second-order valence-electron chi connectivity index (χ2n) is 17.4. The Bertz CT molecular complexity index is 4190. The molecule has 314 valence electrons. The largest absolute Gasteiger partial charge is 0.454 e. The zero-order valence-electron chi connectivity index (χ0n) is 36.2. The Balaban J connectivity index is 1.03. The second-order valence-corrected chi connectivity index (χ2v) is 17.4. The van der Waals surface area contributed by atoms with Crippen LogP contribution in [0.1, 0.15) is 5.56 Å². The Morgan fingerprint density at radius 3 is 1.29 bits per heavy atom. The molecular weight excluding hydrogens is 833 g/mol. The van der Waals surface area contributed by atoms with Gasteiger partial charge in [0.15, 0.2) is 16.9 Å². The maximum absolute atomic E-state index is 9.86. The quantitative estimate of drug-likeness (QED) is 0.123. The summed E-state index contributed by atoms with van der Waals surface area (Å²) in [6.07, 6.45) is 0. The SMILES string of the molecule is [C-]#[N+]c1ccc(N(c2ccc3ccc4c(N(c5ccc(C#N)cc5)c5cccc6c5oc5ccc7ccccc7c56)ccc5ccc2c3c54)c2cccc3c2oc2ccc4ccccc4c23)cc1. The Kier molecular flexibility index (Phi) is 8.01. The van der Waals surface area contributed by atoms with Crippen molar-refractivity contribution < 1.29 is 8.83 Å². The molecule has 0 saturated carbocycles. The van der Waals surface area contributed by atoms with Crippen molar-refractivity contribution in [1.82, 2.24) is 0 Å². The molecule has 0 amide bonds. The molecule has 0 atom stereocenters. The summed E-state index contributed by atoms with van der Waals surface area (Å²) >= 11 is 0. The Morgan fingerprint density at radius 2 is 0.809 bits per heavy atom. The van der Waals surface area contributed by atoms with Gasteiger partial charge in [0.05, 0.1) is 41.0 Å². The van der Waals surface area contributed by atoms with E-state index in [1.54, 1.807) is 0 Å². The Labute approximate surface area is 389 Å². The number of anilines is 6. The molecule has 14 rings (SSSR count). The van der Waals surface area contributed by atoms with E-state index in [1.165, 1.54) is 0 Å². The van der Waals surface area contributed by atoms with Gasteiger partial charge in [-0.2, -0.15) is 5.26 Å². The van der Waals surface area contributed by atoms with Crippen LogP contribution >= 0.6 is 0 Å². The van der Waals surface area contributed by atoms with E-state index in [-0.39, 0.29) is 0 Å². The van der Waals surface area contributed by atoms with Crippen molar-refractivity contribution in [1.29, 1.82) is 5.26 Å². The number of benzene rings is 12. The molecule has 0 N–H and O–H groups in total. The molecule has 68 heavy (non-hydrogen) atoms. The molecule has 0 aliphatic carbocycles. The number of nitrogens with zero attached hydrogens (tertiary/aromatic N) is 4. The van der Waals surface area contributed by atoms with Crippen LogP contribution in [0.15, 0.2) is 215 Å². The molecule has 6 nitrogen and oxygen atoms in total. The lowest BCUT2D eigenvalue weighted by atomic mass is 9.91. The molecule has 12 aromatic carbocycles. The van der Waals surface area contributed by atoms with E-state index in [0.717, 1.165) is 132 Å². The first kappa shape index (κ1) is 37.7. The van der Waals surface area contributed by atoms with Crippen LogP contribution in [0.2, 0.25) is 0 Å². The third kappa shape index (κ3) is 5.43. The van der Waals surface area contributed by atoms with Gasteiger partial charge in [0.25, 0.3) is 0 Å². The maximum atomic E-state index is 9.86. The first-order chi connectivity index (χ1) is 33.6. The zero-order chi connectivity index (χ0) is 45.0. The van der Waals surface area contributed by atoms with Gasteiger partial charge in [0.1, 0.15) is 11.2 Å². The zero-order valence-corrected chi connectivity index (χ0v) is 36.2. The van der Waals surface area contributed by atoms with Gasteiger partial charge in [-0.15, -0.1) is 0 Å². The summed E-state index contributed by atoms with van der Waals surface area (Å²) in [4.78, 5) is 8.29. The normalized spacial score (nSPS) is 11.8. The molecule has 0 unspecified atom stereocenters. The Hall–Kier alpha value is -9.62. The standard InChI is InChI=1S/C62H34N4O2/c1-64-42-24-28-44(29-25-42)66(54-15-7-13-50-60-46-11-5-3-9-39(46)23-35-56(60)68-62(50)54)52-33-21-41-18-30-47-51(32-20-40-19-31-48(52)58(41)57(40)47)65(43-26-16-37(36-63)17-27-43)53-14-6-12-49-59-45-10-4-2-8-38(45)22-34-55(59)67-61(49)53/h2-35H. The van der Waals surface area contributed by atoms with Gasteiger partial charge in [-0.1, -0.05) is 133 Å². The van der Waals surface area contributed by atoms with Crippen LogP contribution in [-0.4, -0.2) is 0 Å². The molecule has 0 saturated heterocycles. The molecule has 2 heterocycles. The number of para-hydroxylation sites is 2. The van der Waals surface area contributed by atoms with E-state index in [4.69, 9.17) is 15.4 Å². The van der Waals surface area contributed by atoms with Crippen molar-refractivity contribution in [2.24, 2.45) is 0 Å². The molecule has 6 heteroatoms. The molecule has 0 radical (unpaired) electrons. The van der Waals surface area contributed by atoms with Crippen molar-refractivity contribution in [2.45, 2.75) is 0 Å². The van der Waals surface area contributed by atoms with Crippen LogP contribution in [0.5, 0.6) is 0 Å². The summed E-state index contributed by atoms with van der Waals surface area (Å²) in [5.74, 6) is 0. The third-order valence-corrected chi connectivity index (χ3v) is 13.8. The Morgan fingerprint density at radius 1 is 0.368 bits per heavy atom. The average molecular weight is 867 g/mol. The number of hydrogen-bond donors (Lipinski definition) is 0. The minimum absolute atomic E-state index is 0.573. The van der Waals surface area contributed by atoms with Crippen LogP contribution in [0, 0.1) is 17.9 Å². The monoisotopic (exact) mass is 866 g/mol.